The molecule has 1 atom stereocenters. The lowest BCUT2D eigenvalue weighted by Gasteiger charge is -2.21. The molecule has 2 heteroatoms. The average Bonchev–Trinajstić information content (AvgIpc) is 2.38. The predicted molar refractivity (Wildman–Crippen MR) is 73.4 cm³/mol. The Balaban J connectivity index is 1.97. The Morgan fingerprint density at radius 2 is 1.88 bits per heavy atom. The first-order valence-electron chi connectivity index (χ1n) is 5.95. The first kappa shape index (κ1) is 10.8. The molecule has 1 nitrogen and oxygen atoms in total. The minimum atomic E-state index is 0.362. The molecule has 1 fully saturated rings. The van der Waals surface area contributed by atoms with Crippen molar-refractivity contribution in [2.75, 3.05) is 5.75 Å². The van der Waals surface area contributed by atoms with Crippen LogP contribution in [-0.2, 0) is 4.79 Å². The Labute approximate surface area is 105 Å². The Kier molecular flexibility index (Phi) is 2.89. The van der Waals surface area contributed by atoms with Gasteiger partial charge in [0.25, 0.3) is 0 Å². The maximum Gasteiger partial charge on any atom is 0.135 e. The minimum absolute atomic E-state index is 0.362. The van der Waals surface area contributed by atoms with E-state index >= 15 is 0 Å². The van der Waals surface area contributed by atoms with Crippen LogP contribution >= 0.6 is 11.8 Å². The van der Waals surface area contributed by atoms with Crippen molar-refractivity contribution in [3.63, 3.8) is 0 Å². The zero-order valence-corrected chi connectivity index (χ0v) is 10.4. The van der Waals surface area contributed by atoms with Gasteiger partial charge >= 0.3 is 0 Å². The molecular formula is C15H14OS. The third kappa shape index (κ3) is 2.22. The first-order chi connectivity index (χ1) is 8.33. The van der Waals surface area contributed by atoms with E-state index in [9.17, 15) is 4.79 Å². The molecule has 1 aliphatic rings. The minimum Gasteiger partial charge on any atom is -0.300 e. The van der Waals surface area contributed by atoms with E-state index in [-0.39, 0.29) is 0 Å². The van der Waals surface area contributed by atoms with Crippen LogP contribution in [0.3, 0.4) is 0 Å². The lowest BCUT2D eigenvalue weighted by Crippen LogP contribution is -2.12. The van der Waals surface area contributed by atoms with E-state index in [0.29, 0.717) is 17.5 Å². The summed E-state index contributed by atoms with van der Waals surface area (Å²) in [6.45, 7) is 0. The van der Waals surface area contributed by atoms with Crippen molar-refractivity contribution in [2.45, 2.75) is 18.1 Å². The molecule has 1 aliphatic heterocycles. The maximum absolute atomic E-state index is 11.5. The van der Waals surface area contributed by atoms with Gasteiger partial charge in [0.1, 0.15) is 5.78 Å². The Morgan fingerprint density at radius 1 is 1.06 bits per heavy atom. The fourth-order valence-corrected chi connectivity index (χ4v) is 3.58. The van der Waals surface area contributed by atoms with Crippen molar-refractivity contribution in [2.24, 2.45) is 0 Å². The van der Waals surface area contributed by atoms with Gasteiger partial charge in [-0.25, -0.2) is 0 Å². The smallest absolute Gasteiger partial charge is 0.135 e. The normalized spacial score (nSPS) is 20.7. The molecule has 3 rings (SSSR count). The second kappa shape index (κ2) is 4.53. The number of thioether (sulfide) groups is 1. The molecule has 0 radical (unpaired) electrons. The topological polar surface area (TPSA) is 17.1 Å². The van der Waals surface area contributed by atoms with Gasteiger partial charge in [-0.15, -0.1) is 0 Å². The summed E-state index contributed by atoms with van der Waals surface area (Å²) >= 11 is 1.91. The molecule has 1 unspecified atom stereocenters. The van der Waals surface area contributed by atoms with Crippen molar-refractivity contribution < 1.29 is 4.79 Å². The molecule has 86 valence electrons. The second-order valence-corrected chi connectivity index (χ2v) is 5.77. The van der Waals surface area contributed by atoms with E-state index in [1.54, 1.807) is 0 Å². The zero-order valence-electron chi connectivity index (χ0n) is 9.56. The largest absolute Gasteiger partial charge is 0.300 e. The summed E-state index contributed by atoms with van der Waals surface area (Å²) in [5.74, 6) is 1.37. The molecule has 1 heterocycles. The number of hydrogen-bond acceptors (Lipinski definition) is 2. The van der Waals surface area contributed by atoms with E-state index in [2.05, 4.69) is 42.5 Å². The van der Waals surface area contributed by atoms with Crippen LogP contribution in [0.5, 0.6) is 0 Å². The number of Topliss-reactive ketones (excluding diaryl/α,β-unsaturated/α-hetero) is 1. The van der Waals surface area contributed by atoms with Gasteiger partial charge in [-0.2, -0.15) is 11.8 Å². The van der Waals surface area contributed by atoms with E-state index < -0.39 is 0 Å². The summed E-state index contributed by atoms with van der Waals surface area (Å²) in [6, 6.07) is 14.9. The molecule has 0 aliphatic carbocycles. The molecule has 0 bridgehead atoms. The van der Waals surface area contributed by atoms with E-state index in [4.69, 9.17) is 0 Å². The predicted octanol–water partition coefficient (Wildman–Crippen LogP) is 3.98. The van der Waals surface area contributed by atoms with Gasteiger partial charge in [-0.05, 0) is 16.3 Å². The zero-order chi connectivity index (χ0) is 11.7. The molecule has 2 aromatic carbocycles. The molecular weight excluding hydrogens is 228 g/mol. The molecule has 1 saturated heterocycles. The number of benzene rings is 2. The molecule has 0 N–H and O–H groups in total. The van der Waals surface area contributed by atoms with Crippen LogP contribution in [-0.4, -0.2) is 11.5 Å². The highest BCUT2D eigenvalue weighted by atomic mass is 32.2. The summed E-state index contributed by atoms with van der Waals surface area (Å²) in [5, 5.41) is 2.90. The standard InChI is InChI=1S/C15H14OS/c16-14-7-8-17-15(10-14)13-6-5-11-3-1-2-4-12(11)9-13/h1-6,9,15H,7-8,10H2. The fourth-order valence-electron chi connectivity index (χ4n) is 2.30. The van der Waals surface area contributed by atoms with Crippen molar-refractivity contribution in [3.8, 4) is 0 Å². The average molecular weight is 242 g/mol. The van der Waals surface area contributed by atoms with Gasteiger partial charge in [0.05, 0.1) is 0 Å². The maximum atomic E-state index is 11.5. The number of ketones is 1. The molecule has 0 aromatic heterocycles. The van der Waals surface area contributed by atoms with Gasteiger partial charge in [-0.3, -0.25) is 4.79 Å². The number of fused-ring (bicyclic) bond motifs is 1. The summed E-state index contributed by atoms with van der Waals surface area (Å²) < 4.78 is 0. The number of carbonyl (C=O) groups is 1. The van der Waals surface area contributed by atoms with Gasteiger partial charge in [0.15, 0.2) is 0 Å². The number of hydrogen-bond donors (Lipinski definition) is 0. The van der Waals surface area contributed by atoms with Gasteiger partial charge in [0.2, 0.25) is 0 Å². The highest BCUT2D eigenvalue weighted by Gasteiger charge is 2.21. The number of carbonyl (C=O) groups excluding carboxylic acids is 1. The Hall–Kier alpha value is -1.28. The van der Waals surface area contributed by atoms with Crippen LogP contribution in [0.4, 0.5) is 0 Å². The van der Waals surface area contributed by atoms with E-state index in [0.717, 1.165) is 12.2 Å². The fraction of sp³-hybridized carbons (Fsp3) is 0.267. The summed E-state index contributed by atoms with van der Waals surface area (Å²) in [5.41, 5.74) is 1.29. The van der Waals surface area contributed by atoms with Gasteiger partial charge < -0.3 is 0 Å². The SMILES string of the molecule is O=C1CCSC(c2ccc3ccccc3c2)C1. The van der Waals surface area contributed by atoms with Crippen LogP contribution < -0.4 is 0 Å². The van der Waals surface area contributed by atoms with Crippen LogP contribution in [0, 0.1) is 0 Å². The van der Waals surface area contributed by atoms with Gasteiger partial charge in [-0.1, -0.05) is 42.5 Å². The molecule has 0 amide bonds. The van der Waals surface area contributed by atoms with Crippen molar-refractivity contribution in [3.05, 3.63) is 48.0 Å². The van der Waals surface area contributed by atoms with Crippen molar-refractivity contribution in [1.29, 1.82) is 0 Å². The summed E-state index contributed by atoms with van der Waals surface area (Å²) in [4.78, 5) is 11.5. The second-order valence-electron chi connectivity index (χ2n) is 4.46. The van der Waals surface area contributed by atoms with Crippen molar-refractivity contribution >= 4 is 28.3 Å². The lowest BCUT2D eigenvalue weighted by atomic mass is 10.0. The Bertz CT molecular complexity index is 562. The van der Waals surface area contributed by atoms with Crippen LogP contribution in [0.25, 0.3) is 10.8 Å². The van der Waals surface area contributed by atoms with Crippen LogP contribution in [0.15, 0.2) is 42.5 Å². The number of rotatable bonds is 1. The third-order valence-corrected chi connectivity index (χ3v) is 4.54. The Morgan fingerprint density at radius 3 is 2.71 bits per heavy atom. The highest BCUT2D eigenvalue weighted by molar-refractivity contribution is 7.99. The van der Waals surface area contributed by atoms with E-state index in [1.165, 1.54) is 16.3 Å². The van der Waals surface area contributed by atoms with Crippen molar-refractivity contribution in [1.82, 2.24) is 0 Å². The lowest BCUT2D eigenvalue weighted by molar-refractivity contribution is -0.118. The molecule has 0 saturated carbocycles. The van der Waals surface area contributed by atoms with E-state index in [1.807, 2.05) is 11.8 Å². The van der Waals surface area contributed by atoms with Gasteiger partial charge in [0, 0.05) is 23.8 Å². The molecule has 2 aromatic rings. The first-order valence-corrected chi connectivity index (χ1v) is 7.00. The third-order valence-electron chi connectivity index (χ3n) is 3.26. The van der Waals surface area contributed by atoms with Crippen LogP contribution in [0.2, 0.25) is 0 Å². The monoisotopic (exact) mass is 242 g/mol. The molecule has 17 heavy (non-hydrogen) atoms. The quantitative estimate of drug-likeness (QED) is 0.752. The summed E-state index contributed by atoms with van der Waals surface area (Å²) in [7, 11) is 0. The van der Waals surface area contributed by atoms with Crippen LogP contribution in [0.1, 0.15) is 23.7 Å². The molecule has 0 spiro atoms. The summed E-state index contributed by atoms with van der Waals surface area (Å²) in [6.07, 6.45) is 1.44. The highest BCUT2D eigenvalue weighted by Crippen LogP contribution is 2.37.